The van der Waals surface area contributed by atoms with Gasteiger partial charge in [0.2, 0.25) is 0 Å². The van der Waals surface area contributed by atoms with Gasteiger partial charge in [0.15, 0.2) is 11.2 Å². The van der Waals surface area contributed by atoms with Crippen LogP contribution in [0.4, 0.5) is 0 Å². The predicted molar refractivity (Wildman–Crippen MR) is 104 cm³/mol. The van der Waals surface area contributed by atoms with Crippen LogP contribution in [0, 0.1) is 17.8 Å². The Morgan fingerprint density at radius 1 is 1.07 bits per heavy atom. The van der Waals surface area contributed by atoms with Crippen LogP contribution in [0.3, 0.4) is 0 Å². The van der Waals surface area contributed by atoms with Crippen LogP contribution >= 0.6 is 0 Å². The summed E-state index contributed by atoms with van der Waals surface area (Å²) in [4.78, 5) is 28.9. The molecule has 0 radical (unpaired) electrons. The molecule has 2 heterocycles. The molecule has 7 heteroatoms. The van der Waals surface area contributed by atoms with Gasteiger partial charge in [0, 0.05) is 26.2 Å². The SMILES string of the molecule is Cn1c(=O)c2c(ncn2CCCNC23CC4CC(CC(C4)C2)C3)n(C)c1=O. The Balaban J connectivity index is 1.28. The van der Waals surface area contributed by atoms with Gasteiger partial charge in [-0.2, -0.15) is 0 Å². The Morgan fingerprint density at radius 3 is 2.33 bits per heavy atom. The maximum absolute atomic E-state index is 12.5. The number of aromatic nitrogens is 4. The van der Waals surface area contributed by atoms with Crippen LogP contribution in [-0.2, 0) is 20.6 Å². The average Bonchev–Trinajstić information content (AvgIpc) is 3.05. The Kier molecular flexibility index (Phi) is 3.86. The molecule has 7 nitrogen and oxygen atoms in total. The van der Waals surface area contributed by atoms with Crippen LogP contribution in [0.5, 0.6) is 0 Å². The maximum atomic E-state index is 12.5. The molecule has 4 bridgehead atoms. The lowest BCUT2D eigenvalue weighted by Gasteiger charge is -2.57. The van der Waals surface area contributed by atoms with Gasteiger partial charge in [-0.3, -0.25) is 13.9 Å². The van der Waals surface area contributed by atoms with E-state index in [1.165, 1.54) is 50.1 Å². The van der Waals surface area contributed by atoms with Gasteiger partial charge in [-0.25, -0.2) is 9.78 Å². The molecule has 0 saturated heterocycles. The van der Waals surface area contributed by atoms with E-state index in [1.54, 1.807) is 13.4 Å². The molecule has 6 rings (SSSR count). The highest BCUT2D eigenvalue weighted by atomic mass is 16.2. The highest BCUT2D eigenvalue weighted by Gasteiger charge is 2.50. The molecule has 27 heavy (non-hydrogen) atoms. The molecule has 2 aromatic heterocycles. The number of fused-ring (bicyclic) bond motifs is 1. The third-order valence-electron chi connectivity index (χ3n) is 7.33. The van der Waals surface area contributed by atoms with Crippen molar-refractivity contribution in [3.63, 3.8) is 0 Å². The zero-order valence-corrected chi connectivity index (χ0v) is 16.3. The summed E-state index contributed by atoms with van der Waals surface area (Å²) in [7, 11) is 3.19. The molecule has 146 valence electrons. The largest absolute Gasteiger partial charge is 0.332 e. The number of rotatable bonds is 5. The monoisotopic (exact) mass is 371 g/mol. The summed E-state index contributed by atoms with van der Waals surface area (Å²) >= 11 is 0. The van der Waals surface area contributed by atoms with Crippen molar-refractivity contribution in [2.24, 2.45) is 31.8 Å². The first kappa shape index (κ1) is 17.2. The van der Waals surface area contributed by atoms with Crippen LogP contribution in [0.15, 0.2) is 15.9 Å². The first-order valence-electron chi connectivity index (χ1n) is 10.3. The van der Waals surface area contributed by atoms with Crippen molar-refractivity contribution in [1.29, 1.82) is 0 Å². The third-order valence-corrected chi connectivity index (χ3v) is 7.33. The van der Waals surface area contributed by atoms with Gasteiger partial charge in [-0.1, -0.05) is 0 Å². The van der Waals surface area contributed by atoms with Crippen LogP contribution in [0.1, 0.15) is 44.9 Å². The number of imidazole rings is 1. The predicted octanol–water partition coefficient (Wildman–Crippen LogP) is 1.38. The van der Waals surface area contributed by atoms with Crippen LogP contribution < -0.4 is 16.6 Å². The second kappa shape index (κ2) is 6.06. The highest BCUT2D eigenvalue weighted by molar-refractivity contribution is 5.69. The van der Waals surface area contributed by atoms with Crippen molar-refractivity contribution < 1.29 is 0 Å². The summed E-state index contributed by atoms with van der Waals surface area (Å²) in [5, 5.41) is 3.91. The van der Waals surface area contributed by atoms with E-state index in [4.69, 9.17) is 0 Å². The Morgan fingerprint density at radius 2 is 1.70 bits per heavy atom. The molecule has 1 N–H and O–H groups in total. The molecule has 0 atom stereocenters. The molecule has 0 unspecified atom stereocenters. The number of hydrogen-bond acceptors (Lipinski definition) is 4. The zero-order valence-electron chi connectivity index (χ0n) is 16.3. The maximum Gasteiger partial charge on any atom is 0.332 e. The zero-order chi connectivity index (χ0) is 18.8. The van der Waals surface area contributed by atoms with E-state index in [0.29, 0.717) is 16.7 Å². The molecular formula is C20H29N5O2. The lowest BCUT2D eigenvalue weighted by molar-refractivity contribution is -0.0196. The van der Waals surface area contributed by atoms with Gasteiger partial charge < -0.3 is 9.88 Å². The topological polar surface area (TPSA) is 73.8 Å². The Hall–Kier alpha value is -1.89. The molecule has 0 aliphatic heterocycles. The van der Waals surface area contributed by atoms with Crippen molar-refractivity contribution in [3.05, 3.63) is 27.2 Å². The third kappa shape index (κ3) is 2.70. The molecule has 4 saturated carbocycles. The quantitative estimate of drug-likeness (QED) is 0.806. The van der Waals surface area contributed by atoms with Crippen LogP contribution in [0.2, 0.25) is 0 Å². The fourth-order valence-corrected chi connectivity index (χ4v) is 6.50. The molecule has 4 aliphatic rings. The fourth-order valence-electron chi connectivity index (χ4n) is 6.50. The molecule has 2 aromatic rings. The van der Waals surface area contributed by atoms with Gasteiger partial charge in [-0.15, -0.1) is 0 Å². The second-order valence-electron chi connectivity index (χ2n) is 9.29. The summed E-state index contributed by atoms with van der Waals surface area (Å²) < 4.78 is 4.51. The van der Waals surface area contributed by atoms with Gasteiger partial charge in [0.1, 0.15) is 0 Å². The first-order chi connectivity index (χ1) is 13.0. The first-order valence-corrected chi connectivity index (χ1v) is 10.3. The number of nitrogens with zero attached hydrogens (tertiary/aromatic N) is 4. The van der Waals surface area contributed by atoms with Crippen molar-refractivity contribution in [1.82, 2.24) is 24.0 Å². The van der Waals surface area contributed by atoms with Crippen molar-refractivity contribution in [2.45, 2.75) is 57.0 Å². The lowest BCUT2D eigenvalue weighted by atomic mass is 9.53. The fraction of sp³-hybridized carbons (Fsp3) is 0.750. The molecule has 0 aromatic carbocycles. The van der Waals surface area contributed by atoms with Crippen LogP contribution in [-0.4, -0.2) is 30.8 Å². The molecule has 4 fully saturated rings. The summed E-state index contributed by atoms with van der Waals surface area (Å²) in [6, 6.07) is 0. The minimum Gasteiger partial charge on any atom is -0.325 e. The summed E-state index contributed by atoms with van der Waals surface area (Å²) in [6.07, 6.45) is 11.1. The number of aryl methyl sites for hydroxylation is 2. The van der Waals surface area contributed by atoms with Gasteiger partial charge in [0.05, 0.1) is 6.33 Å². The molecule has 4 aliphatic carbocycles. The Bertz CT molecular complexity index is 963. The summed E-state index contributed by atoms with van der Waals surface area (Å²) in [5.74, 6) is 2.85. The molecule has 0 amide bonds. The minimum atomic E-state index is -0.332. The normalized spacial score (nSPS) is 31.9. The second-order valence-corrected chi connectivity index (χ2v) is 9.29. The van der Waals surface area contributed by atoms with Crippen molar-refractivity contribution in [2.75, 3.05) is 6.54 Å². The van der Waals surface area contributed by atoms with E-state index >= 15 is 0 Å². The van der Waals surface area contributed by atoms with E-state index in [0.717, 1.165) is 41.8 Å². The van der Waals surface area contributed by atoms with E-state index < -0.39 is 0 Å². The summed E-state index contributed by atoms with van der Waals surface area (Å²) in [6.45, 7) is 1.71. The van der Waals surface area contributed by atoms with Crippen LogP contribution in [0.25, 0.3) is 11.2 Å². The Labute approximate surface area is 158 Å². The number of nitrogens with one attached hydrogen (secondary N) is 1. The van der Waals surface area contributed by atoms with Crippen molar-refractivity contribution >= 4 is 11.2 Å². The average molecular weight is 371 g/mol. The van der Waals surface area contributed by atoms with E-state index in [-0.39, 0.29) is 11.2 Å². The highest BCUT2D eigenvalue weighted by Crippen LogP contribution is 2.55. The molecular weight excluding hydrogens is 342 g/mol. The lowest BCUT2D eigenvalue weighted by Crippen LogP contribution is -2.58. The smallest absolute Gasteiger partial charge is 0.325 e. The number of hydrogen-bond donors (Lipinski definition) is 1. The van der Waals surface area contributed by atoms with Gasteiger partial charge >= 0.3 is 5.69 Å². The van der Waals surface area contributed by atoms with E-state index in [9.17, 15) is 9.59 Å². The minimum absolute atomic E-state index is 0.264. The van der Waals surface area contributed by atoms with Gasteiger partial charge in [-0.05, 0) is 69.2 Å². The summed E-state index contributed by atoms with van der Waals surface area (Å²) in [5.41, 5.74) is 0.777. The van der Waals surface area contributed by atoms with E-state index in [1.807, 2.05) is 4.57 Å². The van der Waals surface area contributed by atoms with E-state index in [2.05, 4.69) is 10.3 Å². The molecule has 0 spiro atoms. The van der Waals surface area contributed by atoms with Crippen molar-refractivity contribution in [3.8, 4) is 0 Å². The standard InChI is InChI=1S/C20H29N5O2/c1-23-17-16(18(26)24(2)19(23)27)25(12-21-17)5-3-4-22-20-9-13-6-14(10-20)8-15(7-13)11-20/h12-15,22H,3-11H2,1-2H3. The van der Waals surface area contributed by atoms with Gasteiger partial charge in [0.25, 0.3) is 5.56 Å².